The Labute approximate surface area is 127 Å². The number of aliphatic hydroxyl groups excluding tert-OH is 1. The van der Waals surface area contributed by atoms with Gasteiger partial charge in [-0.05, 0) is 19.9 Å². The molecule has 5 nitrogen and oxygen atoms in total. The topological polar surface area (TPSA) is 71.7 Å². The number of hydrogen-bond acceptors (Lipinski definition) is 4. The summed E-state index contributed by atoms with van der Waals surface area (Å²) >= 11 is 11.9. The fraction of sp³-hybridized carbons (Fsp3) is 0.417. The maximum absolute atomic E-state index is 12.1. The summed E-state index contributed by atoms with van der Waals surface area (Å²) in [5, 5.41) is 9.34. The fourth-order valence-corrected chi connectivity index (χ4v) is 3.72. The predicted molar refractivity (Wildman–Crippen MR) is 79.0 cm³/mol. The molecule has 0 bridgehead atoms. The van der Waals surface area contributed by atoms with Crippen LogP contribution in [0.5, 0.6) is 0 Å². The normalized spacial score (nSPS) is 15.4. The maximum Gasteiger partial charge on any atom is 0.161 e. The SMILES string of the molecule is C[C@@H](O)[C@H](C)S(=O)(=O)Cc1cn2cc(Cl)cc(Cl)c2n1. The third-order valence-electron chi connectivity index (χ3n) is 3.12. The minimum Gasteiger partial charge on any atom is -0.392 e. The van der Waals surface area contributed by atoms with Crippen LogP contribution in [0, 0.1) is 0 Å². The van der Waals surface area contributed by atoms with E-state index in [9.17, 15) is 13.5 Å². The van der Waals surface area contributed by atoms with Crippen molar-refractivity contribution in [3.8, 4) is 0 Å². The average molecular weight is 337 g/mol. The summed E-state index contributed by atoms with van der Waals surface area (Å²) in [6.07, 6.45) is 2.23. The summed E-state index contributed by atoms with van der Waals surface area (Å²) in [6, 6.07) is 1.54. The van der Waals surface area contributed by atoms with Gasteiger partial charge in [-0.25, -0.2) is 13.4 Å². The van der Waals surface area contributed by atoms with Crippen LogP contribution < -0.4 is 0 Å². The summed E-state index contributed by atoms with van der Waals surface area (Å²) in [5.74, 6) is -0.255. The summed E-state index contributed by atoms with van der Waals surface area (Å²) in [6.45, 7) is 2.92. The molecule has 2 rings (SSSR count). The fourth-order valence-electron chi connectivity index (χ4n) is 1.78. The van der Waals surface area contributed by atoms with Crippen molar-refractivity contribution in [3.05, 3.63) is 34.2 Å². The highest BCUT2D eigenvalue weighted by molar-refractivity contribution is 7.91. The summed E-state index contributed by atoms with van der Waals surface area (Å²) in [7, 11) is -3.49. The van der Waals surface area contributed by atoms with E-state index >= 15 is 0 Å². The lowest BCUT2D eigenvalue weighted by atomic mass is 10.3. The van der Waals surface area contributed by atoms with Gasteiger partial charge >= 0.3 is 0 Å². The molecule has 0 spiro atoms. The quantitative estimate of drug-likeness (QED) is 0.929. The number of imidazole rings is 1. The predicted octanol–water partition coefficient (Wildman–Crippen LogP) is 2.33. The van der Waals surface area contributed by atoms with Crippen LogP contribution in [0.25, 0.3) is 5.65 Å². The molecule has 2 heterocycles. The first kappa shape index (κ1) is 15.6. The first-order valence-corrected chi connectivity index (χ1v) is 8.40. The van der Waals surface area contributed by atoms with Crippen LogP contribution in [0.3, 0.4) is 0 Å². The van der Waals surface area contributed by atoms with Gasteiger partial charge in [-0.3, -0.25) is 0 Å². The van der Waals surface area contributed by atoms with E-state index in [1.165, 1.54) is 13.8 Å². The molecule has 1 N–H and O–H groups in total. The standard InChI is InChI=1S/C12H14Cl2N2O3S/c1-7(17)8(2)20(18,19)6-10-5-16-4-9(13)3-11(14)12(16)15-10/h3-5,7-8,17H,6H2,1-2H3/t7-,8+/m1/s1. The number of aliphatic hydroxyl groups is 1. The highest BCUT2D eigenvalue weighted by Gasteiger charge is 2.26. The van der Waals surface area contributed by atoms with Gasteiger partial charge < -0.3 is 9.51 Å². The molecule has 0 amide bonds. The number of hydrogen-bond donors (Lipinski definition) is 1. The van der Waals surface area contributed by atoms with Gasteiger partial charge in [0, 0.05) is 12.4 Å². The number of pyridine rings is 1. The van der Waals surface area contributed by atoms with Crippen LogP contribution in [0.15, 0.2) is 18.5 Å². The zero-order valence-corrected chi connectivity index (χ0v) is 13.2. The van der Waals surface area contributed by atoms with Gasteiger partial charge in [-0.2, -0.15) is 0 Å². The largest absolute Gasteiger partial charge is 0.392 e. The Morgan fingerprint density at radius 3 is 2.60 bits per heavy atom. The first-order valence-electron chi connectivity index (χ1n) is 5.93. The molecule has 20 heavy (non-hydrogen) atoms. The number of rotatable bonds is 4. The van der Waals surface area contributed by atoms with Gasteiger partial charge in [0.05, 0.1) is 32.8 Å². The number of aromatic nitrogens is 2. The lowest BCUT2D eigenvalue weighted by Crippen LogP contribution is -2.30. The number of halogens is 2. The van der Waals surface area contributed by atoms with Crippen LogP contribution in [0.2, 0.25) is 10.0 Å². The molecule has 0 fully saturated rings. The van der Waals surface area contributed by atoms with Crippen LogP contribution in [-0.4, -0.2) is 34.3 Å². The minimum atomic E-state index is -3.49. The van der Waals surface area contributed by atoms with E-state index in [2.05, 4.69) is 4.98 Å². The minimum absolute atomic E-state index is 0.255. The Kier molecular flexibility index (Phi) is 4.30. The van der Waals surface area contributed by atoms with Gasteiger partial charge in [-0.1, -0.05) is 23.2 Å². The van der Waals surface area contributed by atoms with Crippen molar-refractivity contribution in [2.45, 2.75) is 31.0 Å². The second-order valence-electron chi connectivity index (χ2n) is 4.72. The van der Waals surface area contributed by atoms with Gasteiger partial charge in [0.1, 0.15) is 0 Å². The van der Waals surface area contributed by atoms with Crippen molar-refractivity contribution in [1.82, 2.24) is 9.38 Å². The molecule has 8 heteroatoms. The van der Waals surface area contributed by atoms with Crippen LogP contribution in [-0.2, 0) is 15.6 Å². The molecule has 2 atom stereocenters. The monoisotopic (exact) mass is 336 g/mol. The highest BCUT2D eigenvalue weighted by atomic mass is 35.5. The molecular weight excluding hydrogens is 323 g/mol. The Hall–Kier alpha value is -0.820. The molecule has 2 aromatic rings. The Balaban J connectivity index is 2.38. The number of fused-ring (bicyclic) bond motifs is 1. The first-order chi connectivity index (χ1) is 9.20. The smallest absolute Gasteiger partial charge is 0.161 e. The van der Waals surface area contributed by atoms with E-state index in [1.54, 1.807) is 22.9 Å². The van der Waals surface area contributed by atoms with Crippen molar-refractivity contribution in [1.29, 1.82) is 0 Å². The van der Waals surface area contributed by atoms with Crippen molar-refractivity contribution in [2.75, 3.05) is 0 Å². The number of sulfone groups is 1. The molecule has 0 aliphatic heterocycles. The molecular formula is C12H14Cl2N2O3S. The molecule has 110 valence electrons. The lowest BCUT2D eigenvalue weighted by Gasteiger charge is -2.14. The van der Waals surface area contributed by atoms with Crippen LogP contribution >= 0.6 is 23.2 Å². The Bertz CT molecular complexity index is 740. The third kappa shape index (κ3) is 3.09. The third-order valence-corrected chi connectivity index (χ3v) is 5.83. The molecule has 0 aromatic carbocycles. The lowest BCUT2D eigenvalue weighted by molar-refractivity contribution is 0.192. The van der Waals surface area contributed by atoms with Crippen LogP contribution in [0.1, 0.15) is 19.5 Å². The molecule has 0 saturated carbocycles. The van der Waals surface area contributed by atoms with Crippen molar-refractivity contribution in [3.63, 3.8) is 0 Å². The molecule has 0 unspecified atom stereocenters. The van der Waals surface area contributed by atoms with E-state index in [-0.39, 0.29) is 5.75 Å². The van der Waals surface area contributed by atoms with Crippen LogP contribution in [0.4, 0.5) is 0 Å². The Morgan fingerprint density at radius 2 is 2.00 bits per heavy atom. The zero-order chi connectivity index (χ0) is 15.1. The molecule has 0 radical (unpaired) electrons. The van der Waals surface area contributed by atoms with Gasteiger partial charge in [-0.15, -0.1) is 0 Å². The van der Waals surface area contributed by atoms with Gasteiger partial charge in [0.15, 0.2) is 15.5 Å². The summed E-state index contributed by atoms with van der Waals surface area (Å²) in [4.78, 5) is 4.19. The van der Waals surface area contributed by atoms with Gasteiger partial charge in [0.2, 0.25) is 0 Å². The second-order valence-corrected chi connectivity index (χ2v) is 7.92. The molecule has 0 aliphatic rings. The maximum atomic E-state index is 12.1. The second kappa shape index (κ2) is 5.52. The summed E-state index contributed by atoms with van der Waals surface area (Å²) in [5.41, 5.74) is 0.813. The molecule has 2 aromatic heterocycles. The molecule has 0 saturated heterocycles. The zero-order valence-electron chi connectivity index (χ0n) is 10.9. The average Bonchev–Trinajstić information content (AvgIpc) is 2.69. The van der Waals surface area contributed by atoms with Crippen molar-refractivity contribution in [2.24, 2.45) is 0 Å². The van der Waals surface area contributed by atoms with Crippen molar-refractivity contribution >= 4 is 38.7 Å². The summed E-state index contributed by atoms with van der Waals surface area (Å²) < 4.78 is 25.8. The van der Waals surface area contributed by atoms with Gasteiger partial charge in [0.25, 0.3) is 0 Å². The van der Waals surface area contributed by atoms with E-state index in [4.69, 9.17) is 23.2 Å². The highest BCUT2D eigenvalue weighted by Crippen LogP contribution is 2.23. The van der Waals surface area contributed by atoms with E-state index < -0.39 is 21.2 Å². The van der Waals surface area contributed by atoms with E-state index in [0.717, 1.165) is 0 Å². The molecule has 0 aliphatic carbocycles. The van der Waals surface area contributed by atoms with E-state index in [0.29, 0.717) is 21.4 Å². The Morgan fingerprint density at radius 1 is 1.35 bits per heavy atom. The number of nitrogens with zero attached hydrogens (tertiary/aromatic N) is 2. The van der Waals surface area contributed by atoms with Crippen molar-refractivity contribution < 1.29 is 13.5 Å². The van der Waals surface area contributed by atoms with E-state index in [1.807, 2.05) is 0 Å².